The van der Waals surface area contributed by atoms with Crippen LogP contribution in [0.4, 0.5) is 0 Å². The summed E-state index contributed by atoms with van der Waals surface area (Å²) in [5, 5.41) is 2.74. The van der Waals surface area contributed by atoms with E-state index in [2.05, 4.69) is 127 Å². The van der Waals surface area contributed by atoms with Crippen LogP contribution >= 0.6 is 0 Å². The molecule has 0 amide bonds. The Bertz CT molecular complexity index is 1610. The highest BCUT2D eigenvalue weighted by Gasteiger charge is 2.20. The fourth-order valence-corrected chi connectivity index (χ4v) is 6.48. The maximum absolute atomic E-state index is 4.98. The van der Waals surface area contributed by atoms with Gasteiger partial charge in [0.05, 0.1) is 5.69 Å². The van der Waals surface area contributed by atoms with Gasteiger partial charge in [0.2, 0.25) is 0 Å². The molecule has 1 nitrogen and oxygen atoms in total. The van der Waals surface area contributed by atoms with Crippen LogP contribution in [0, 0.1) is 24.7 Å². The van der Waals surface area contributed by atoms with E-state index in [9.17, 15) is 0 Å². The average Bonchev–Trinajstić information content (AvgIpc) is 3.24. The van der Waals surface area contributed by atoms with Crippen molar-refractivity contribution >= 4 is 28.9 Å². The number of aryl methyl sites for hydroxylation is 1. The Morgan fingerprint density at radius 1 is 0.841 bits per heavy atom. The number of benzene rings is 2. The van der Waals surface area contributed by atoms with E-state index in [-0.39, 0.29) is 0 Å². The summed E-state index contributed by atoms with van der Waals surface area (Å²) in [6.45, 7) is 17.7. The minimum absolute atomic E-state index is 0.654. The highest BCUT2D eigenvalue weighted by molar-refractivity contribution is 6.04. The number of allylic oxidation sites excluding steroid dienone is 6. The number of fused-ring (bicyclic) bond motifs is 1. The van der Waals surface area contributed by atoms with Crippen LogP contribution in [0.5, 0.6) is 0 Å². The Labute approximate surface area is 268 Å². The number of hydrogen-bond donors (Lipinski definition) is 0. The predicted octanol–water partition coefficient (Wildman–Crippen LogP) is 11.2. The summed E-state index contributed by atoms with van der Waals surface area (Å²) in [6.07, 6.45) is 20.2. The van der Waals surface area contributed by atoms with E-state index < -0.39 is 0 Å². The van der Waals surface area contributed by atoms with Crippen molar-refractivity contribution in [1.29, 1.82) is 0 Å². The minimum atomic E-state index is 0.654. The number of hydrogen-bond acceptors (Lipinski definition) is 1. The standard InChI is InChI=1S/C41H49N.C2H6/c1-7-9-10-13-39(41-14-11-12-31(6)42-41)37(8-2)36-26-35-18-15-28(3)16-24-38(35)40(27-36)33-22-20-32(21-23-33)34-19-17-29(4)30(5)25-34;1-2/h8,11-14,18-24,26-30H,7,9-10,15-17,25H2,1-6H3;1-2H3/b37-8-,39-13+;. The quantitative estimate of drug-likeness (QED) is 0.189. The molecule has 2 aliphatic rings. The van der Waals surface area contributed by atoms with Crippen LogP contribution in [0.15, 0.2) is 72.8 Å². The molecule has 1 aromatic heterocycles. The Kier molecular flexibility index (Phi) is 12.2. The highest BCUT2D eigenvalue weighted by atomic mass is 14.7. The van der Waals surface area contributed by atoms with Crippen LogP contribution in [-0.4, -0.2) is 4.98 Å². The van der Waals surface area contributed by atoms with Crippen molar-refractivity contribution < 1.29 is 0 Å². The molecule has 3 unspecified atom stereocenters. The third-order valence-corrected chi connectivity index (χ3v) is 9.45. The molecule has 1 heteroatoms. The molecule has 0 saturated carbocycles. The van der Waals surface area contributed by atoms with Crippen LogP contribution in [0.3, 0.4) is 0 Å². The largest absolute Gasteiger partial charge is 0.253 e. The van der Waals surface area contributed by atoms with Crippen LogP contribution in [-0.2, 0) is 0 Å². The number of nitrogens with zero attached hydrogens (tertiary/aromatic N) is 1. The normalized spacial score (nSPS) is 20.3. The van der Waals surface area contributed by atoms with E-state index in [4.69, 9.17) is 4.98 Å². The molecule has 0 bridgehead atoms. The van der Waals surface area contributed by atoms with Gasteiger partial charge in [0.1, 0.15) is 0 Å². The molecule has 0 saturated heterocycles. The fraction of sp³-hybridized carbons (Fsp3) is 0.419. The van der Waals surface area contributed by atoms with Crippen LogP contribution < -0.4 is 10.4 Å². The van der Waals surface area contributed by atoms with Crippen LogP contribution in [0.2, 0.25) is 0 Å². The Morgan fingerprint density at radius 3 is 2.25 bits per heavy atom. The molecular weight excluding hydrogens is 530 g/mol. The number of pyridine rings is 1. The Hall–Kier alpha value is -3.45. The lowest BCUT2D eigenvalue weighted by Crippen LogP contribution is -2.27. The summed E-state index contributed by atoms with van der Waals surface area (Å²) in [7, 11) is 0. The first kappa shape index (κ1) is 33.4. The predicted molar refractivity (Wildman–Crippen MR) is 195 cm³/mol. The van der Waals surface area contributed by atoms with Gasteiger partial charge in [-0.2, -0.15) is 0 Å². The van der Waals surface area contributed by atoms with Gasteiger partial charge in [0.25, 0.3) is 0 Å². The zero-order valence-electron chi connectivity index (χ0n) is 28.7. The second-order valence-corrected chi connectivity index (χ2v) is 12.8. The smallest absolute Gasteiger partial charge is 0.0708 e. The third kappa shape index (κ3) is 7.98. The molecular formula is C43H55N. The van der Waals surface area contributed by atoms with Gasteiger partial charge in [-0.05, 0) is 132 Å². The minimum Gasteiger partial charge on any atom is -0.253 e. The molecule has 0 aliphatic heterocycles. The van der Waals surface area contributed by atoms with Gasteiger partial charge in [0, 0.05) is 11.3 Å². The van der Waals surface area contributed by atoms with Crippen molar-refractivity contribution in [2.45, 2.75) is 100 Å². The van der Waals surface area contributed by atoms with Crippen molar-refractivity contribution in [3.63, 3.8) is 0 Å². The molecule has 2 aromatic carbocycles. The SMILES string of the molecule is C/C=C(\C(=C/CCCC)c1cccc(C)n1)c1cc(-c2ccc(C3=CCC(C)C(C)C3)cc2)c2c(c1)=CCC(C)CC=2.CC. The van der Waals surface area contributed by atoms with E-state index in [1.165, 1.54) is 75.1 Å². The summed E-state index contributed by atoms with van der Waals surface area (Å²) in [4.78, 5) is 4.98. The van der Waals surface area contributed by atoms with E-state index in [1.807, 2.05) is 13.8 Å². The van der Waals surface area contributed by atoms with Gasteiger partial charge in [-0.1, -0.05) is 115 Å². The van der Waals surface area contributed by atoms with E-state index >= 15 is 0 Å². The fourth-order valence-electron chi connectivity index (χ4n) is 6.48. The zero-order valence-corrected chi connectivity index (χ0v) is 28.7. The maximum Gasteiger partial charge on any atom is 0.0708 e. The van der Waals surface area contributed by atoms with Gasteiger partial charge in [-0.25, -0.2) is 0 Å². The highest BCUT2D eigenvalue weighted by Crippen LogP contribution is 2.36. The van der Waals surface area contributed by atoms with Crippen LogP contribution in [0.1, 0.15) is 116 Å². The second-order valence-electron chi connectivity index (χ2n) is 12.8. The first-order valence-corrected chi connectivity index (χ1v) is 17.3. The molecule has 5 rings (SSSR count). The number of aromatic nitrogens is 1. The van der Waals surface area contributed by atoms with Crippen molar-refractivity contribution in [2.24, 2.45) is 17.8 Å². The zero-order chi connectivity index (χ0) is 31.6. The Morgan fingerprint density at radius 2 is 1.57 bits per heavy atom. The molecule has 44 heavy (non-hydrogen) atoms. The summed E-state index contributed by atoms with van der Waals surface area (Å²) in [6, 6.07) is 20.7. The van der Waals surface area contributed by atoms with E-state index in [0.29, 0.717) is 5.92 Å². The first-order chi connectivity index (χ1) is 21.4. The molecule has 232 valence electrons. The van der Waals surface area contributed by atoms with Crippen molar-refractivity contribution in [2.75, 3.05) is 0 Å². The summed E-state index contributed by atoms with van der Waals surface area (Å²) < 4.78 is 0. The topological polar surface area (TPSA) is 12.9 Å². The number of unbranched alkanes of at least 4 members (excludes halogenated alkanes) is 2. The summed E-state index contributed by atoms with van der Waals surface area (Å²) in [5.74, 6) is 2.17. The lowest BCUT2D eigenvalue weighted by molar-refractivity contribution is 0.386. The van der Waals surface area contributed by atoms with Crippen molar-refractivity contribution in [3.05, 3.63) is 106 Å². The van der Waals surface area contributed by atoms with Crippen LogP contribution in [0.25, 0.3) is 40.0 Å². The molecule has 3 aromatic rings. The van der Waals surface area contributed by atoms with Gasteiger partial charge in [-0.3, -0.25) is 4.98 Å². The van der Waals surface area contributed by atoms with E-state index in [1.54, 1.807) is 0 Å². The van der Waals surface area contributed by atoms with Gasteiger partial charge in [0.15, 0.2) is 0 Å². The Balaban J connectivity index is 0.00000216. The monoisotopic (exact) mass is 585 g/mol. The first-order valence-electron chi connectivity index (χ1n) is 17.3. The van der Waals surface area contributed by atoms with Gasteiger partial charge >= 0.3 is 0 Å². The lowest BCUT2D eigenvalue weighted by Gasteiger charge is -2.26. The molecule has 1 heterocycles. The second kappa shape index (κ2) is 16.0. The molecule has 0 radical (unpaired) electrons. The molecule has 0 fully saturated rings. The molecule has 0 spiro atoms. The molecule has 2 aliphatic carbocycles. The number of rotatable bonds is 8. The summed E-state index contributed by atoms with van der Waals surface area (Å²) >= 11 is 0. The van der Waals surface area contributed by atoms with E-state index in [0.717, 1.165) is 42.5 Å². The van der Waals surface area contributed by atoms with Gasteiger partial charge in [-0.15, -0.1) is 0 Å². The maximum atomic E-state index is 4.98. The summed E-state index contributed by atoms with van der Waals surface area (Å²) in [5.41, 5.74) is 11.4. The molecule has 0 N–H and O–H groups in total. The third-order valence-electron chi connectivity index (χ3n) is 9.45. The van der Waals surface area contributed by atoms with Gasteiger partial charge < -0.3 is 0 Å². The average molecular weight is 586 g/mol. The van der Waals surface area contributed by atoms with Crippen molar-refractivity contribution in [3.8, 4) is 11.1 Å². The van der Waals surface area contributed by atoms with Crippen molar-refractivity contribution in [1.82, 2.24) is 4.98 Å². The lowest BCUT2D eigenvalue weighted by atomic mass is 9.80. The molecule has 3 atom stereocenters.